The van der Waals surface area contributed by atoms with Gasteiger partial charge in [-0.1, -0.05) is 0 Å². The summed E-state index contributed by atoms with van der Waals surface area (Å²) in [6.07, 6.45) is 7.44. The Balaban J connectivity index is 1.29. The predicted octanol–water partition coefficient (Wildman–Crippen LogP) is 3.47. The first-order chi connectivity index (χ1) is 17.1. The van der Waals surface area contributed by atoms with Gasteiger partial charge >= 0.3 is 12.1 Å². The fourth-order valence-corrected chi connectivity index (χ4v) is 4.80. The molecule has 0 aliphatic carbocycles. The number of carbonyl (C=O) groups excluding carboxylic acids is 2. The molecule has 2 aliphatic heterocycles. The van der Waals surface area contributed by atoms with Crippen molar-refractivity contribution in [2.45, 2.75) is 52.7 Å². The van der Waals surface area contributed by atoms with Gasteiger partial charge in [0.25, 0.3) is 0 Å². The number of aromatic nitrogens is 4. The summed E-state index contributed by atoms with van der Waals surface area (Å²) in [7, 11) is 0. The third kappa shape index (κ3) is 4.65. The van der Waals surface area contributed by atoms with Crippen molar-refractivity contribution in [1.29, 1.82) is 0 Å². The number of fused-ring (bicyclic) bond motifs is 2. The quantitative estimate of drug-likeness (QED) is 0.583. The van der Waals surface area contributed by atoms with E-state index < -0.39 is 5.60 Å². The number of ether oxygens (including phenoxy) is 1. The number of anilines is 3. The molecule has 11 heteroatoms. The number of carbonyl (C=O) groups is 2. The third-order valence-electron chi connectivity index (χ3n) is 6.37. The number of rotatable bonds is 2. The normalized spacial score (nSPS) is 17.9. The fourth-order valence-electron chi connectivity index (χ4n) is 4.80. The van der Waals surface area contributed by atoms with Crippen LogP contribution in [0.1, 0.15) is 39.0 Å². The van der Waals surface area contributed by atoms with Crippen LogP contribution in [0.15, 0.2) is 30.9 Å². The van der Waals surface area contributed by atoms with Crippen molar-refractivity contribution in [2.75, 3.05) is 41.3 Å². The van der Waals surface area contributed by atoms with Crippen LogP contribution in [0, 0.1) is 6.92 Å². The molecule has 36 heavy (non-hydrogen) atoms. The maximum atomic E-state index is 13.1. The minimum atomic E-state index is -0.524. The second kappa shape index (κ2) is 8.96. The summed E-state index contributed by atoms with van der Waals surface area (Å²) >= 11 is 0. The number of aryl methyl sites for hydroxylation is 1. The lowest BCUT2D eigenvalue weighted by Crippen LogP contribution is -2.55. The molecule has 5 heterocycles. The first kappa shape index (κ1) is 23.8. The molecule has 0 unspecified atom stereocenters. The third-order valence-corrected chi connectivity index (χ3v) is 6.37. The highest BCUT2D eigenvalue weighted by Crippen LogP contribution is 2.35. The van der Waals surface area contributed by atoms with Crippen molar-refractivity contribution in [1.82, 2.24) is 24.3 Å². The molecule has 0 aromatic carbocycles. The Hall–Kier alpha value is -3.89. The van der Waals surface area contributed by atoms with Crippen molar-refractivity contribution >= 4 is 35.1 Å². The van der Waals surface area contributed by atoms with Crippen molar-refractivity contribution in [2.24, 2.45) is 0 Å². The molecular weight excluding hydrogens is 460 g/mol. The highest BCUT2D eigenvalue weighted by Gasteiger charge is 2.34. The van der Waals surface area contributed by atoms with E-state index in [4.69, 9.17) is 4.74 Å². The van der Waals surface area contributed by atoms with Crippen molar-refractivity contribution in [3.05, 3.63) is 42.1 Å². The molecule has 0 radical (unpaired) electrons. The summed E-state index contributed by atoms with van der Waals surface area (Å²) in [4.78, 5) is 44.6. The van der Waals surface area contributed by atoms with E-state index in [1.807, 2.05) is 46.9 Å². The summed E-state index contributed by atoms with van der Waals surface area (Å²) in [5.41, 5.74) is 3.02. The maximum absolute atomic E-state index is 13.1. The summed E-state index contributed by atoms with van der Waals surface area (Å²) in [5.74, 6) is 1.25. The van der Waals surface area contributed by atoms with Gasteiger partial charge in [-0.25, -0.2) is 24.5 Å². The SMILES string of the molecule is Cc1cn2cc(NC(=O)N3CCc4c(N5CCN(C(=O)OC(C)(C)C)[C@@H](C)C5)ccnc43)cnc2n1. The Morgan fingerprint density at radius 3 is 2.69 bits per heavy atom. The van der Waals surface area contributed by atoms with E-state index in [0.717, 1.165) is 16.9 Å². The number of hydrogen-bond donors (Lipinski definition) is 1. The number of nitrogens with one attached hydrogen (secondary N) is 1. The molecule has 0 spiro atoms. The number of hydrogen-bond acceptors (Lipinski definition) is 7. The molecule has 0 bridgehead atoms. The molecule has 1 saturated heterocycles. The van der Waals surface area contributed by atoms with Crippen LogP contribution in [-0.2, 0) is 11.2 Å². The number of nitrogens with zero attached hydrogens (tertiary/aromatic N) is 7. The van der Waals surface area contributed by atoms with Gasteiger partial charge in [-0.05, 0) is 47.1 Å². The first-order valence-electron chi connectivity index (χ1n) is 12.2. The van der Waals surface area contributed by atoms with Crippen LogP contribution in [0.2, 0.25) is 0 Å². The average Bonchev–Trinajstić information content (AvgIpc) is 3.40. The minimum absolute atomic E-state index is 0.00699. The molecule has 1 fully saturated rings. The summed E-state index contributed by atoms with van der Waals surface area (Å²) in [6, 6.07) is 1.74. The Labute approximate surface area is 210 Å². The Morgan fingerprint density at radius 2 is 1.94 bits per heavy atom. The predicted molar refractivity (Wildman–Crippen MR) is 137 cm³/mol. The molecule has 2 aliphatic rings. The van der Waals surface area contributed by atoms with E-state index in [2.05, 4.69) is 25.2 Å². The summed E-state index contributed by atoms with van der Waals surface area (Å²) in [5, 5.41) is 2.93. The molecule has 1 atom stereocenters. The lowest BCUT2D eigenvalue weighted by molar-refractivity contribution is 0.0159. The monoisotopic (exact) mass is 492 g/mol. The molecule has 190 valence electrons. The van der Waals surface area contributed by atoms with Crippen molar-refractivity contribution in [3.63, 3.8) is 0 Å². The van der Waals surface area contributed by atoms with Gasteiger partial charge in [0.1, 0.15) is 11.4 Å². The van der Waals surface area contributed by atoms with Crippen LogP contribution in [0.4, 0.5) is 26.8 Å². The minimum Gasteiger partial charge on any atom is -0.444 e. The van der Waals surface area contributed by atoms with Gasteiger partial charge in [0.2, 0.25) is 5.78 Å². The maximum Gasteiger partial charge on any atom is 0.410 e. The standard InChI is InChI=1S/C25H32N8O3/c1-16-13-31-15-18(12-27-22(31)28-16)29-23(34)33-9-7-19-20(6-8-26-21(19)33)30-10-11-32(17(2)14-30)24(35)36-25(3,4)5/h6,8,12-13,15,17H,7,9-11,14H2,1-5H3,(H,29,34)/t17-/m0/s1. The molecule has 3 aromatic rings. The molecule has 0 saturated carbocycles. The second-order valence-electron chi connectivity index (χ2n) is 10.4. The van der Waals surface area contributed by atoms with Gasteiger partial charge in [-0.15, -0.1) is 0 Å². The first-order valence-corrected chi connectivity index (χ1v) is 12.2. The average molecular weight is 493 g/mol. The topological polar surface area (TPSA) is 108 Å². The van der Waals surface area contributed by atoms with Gasteiger partial charge in [0.15, 0.2) is 0 Å². The second-order valence-corrected chi connectivity index (χ2v) is 10.4. The highest BCUT2D eigenvalue weighted by atomic mass is 16.6. The van der Waals surface area contributed by atoms with Crippen LogP contribution >= 0.6 is 0 Å². The zero-order valence-corrected chi connectivity index (χ0v) is 21.4. The molecule has 3 aromatic heterocycles. The lowest BCUT2D eigenvalue weighted by Gasteiger charge is -2.41. The Morgan fingerprint density at radius 1 is 1.14 bits per heavy atom. The van der Waals surface area contributed by atoms with E-state index in [1.165, 1.54) is 0 Å². The van der Waals surface area contributed by atoms with E-state index in [9.17, 15) is 9.59 Å². The molecular formula is C25H32N8O3. The van der Waals surface area contributed by atoms with Crippen LogP contribution in [-0.4, -0.2) is 74.2 Å². The van der Waals surface area contributed by atoms with E-state index in [1.54, 1.807) is 32.8 Å². The van der Waals surface area contributed by atoms with Gasteiger partial charge in [0, 0.05) is 62.1 Å². The highest BCUT2D eigenvalue weighted by molar-refractivity contribution is 6.02. The number of pyridine rings is 1. The fraction of sp³-hybridized carbons (Fsp3) is 0.480. The van der Waals surface area contributed by atoms with E-state index >= 15 is 0 Å². The van der Waals surface area contributed by atoms with Gasteiger partial charge in [-0.2, -0.15) is 0 Å². The van der Waals surface area contributed by atoms with Crippen LogP contribution in [0.25, 0.3) is 5.78 Å². The summed E-state index contributed by atoms with van der Waals surface area (Å²) in [6.45, 7) is 12.0. The zero-order valence-electron chi connectivity index (χ0n) is 21.4. The lowest BCUT2D eigenvalue weighted by atomic mass is 10.1. The molecule has 11 nitrogen and oxygen atoms in total. The van der Waals surface area contributed by atoms with E-state index in [0.29, 0.717) is 49.9 Å². The Kier molecular flexibility index (Phi) is 5.93. The van der Waals surface area contributed by atoms with Crippen molar-refractivity contribution < 1.29 is 14.3 Å². The number of imidazole rings is 1. The zero-order chi connectivity index (χ0) is 25.6. The van der Waals surface area contributed by atoms with Crippen LogP contribution < -0.4 is 15.1 Å². The number of amides is 3. The number of urea groups is 1. The largest absolute Gasteiger partial charge is 0.444 e. The molecule has 3 amide bonds. The molecule has 1 N–H and O–H groups in total. The van der Waals surface area contributed by atoms with E-state index in [-0.39, 0.29) is 18.2 Å². The summed E-state index contributed by atoms with van der Waals surface area (Å²) < 4.78 is 7.36. The Bertz CT molecular complexity index is 1310. The molecule has 5 rings (SSSR count). The van der Waals surface area contributed by atoms with Gasteiger partial charge in [0.05, 0.1) is 17.6 Å². The smallest absolute Gasteiger partial charge is 0.410 e. The van der Waals surface area contributed by atoms with Gasteiger partial charge in [-0.3, -0.25) is 9.30 Å². The van der Waals surface area contributed by atoms with Crippen LogP contribution in [0.3, 0.4) is 0 Å². The van der Waals surface area contributed by atoms with Gasteiger partial charge < -0.3 is 19.9 Å². The van der Waals surface area contributed by atoms with Crippen LogP contribution in [0.5, 0.6) is 0 Å². The number of piperazine rings is 1. The van der Waals surface area contributed by atoms with Crippen molar-refractivity contribution in [3.8, 4) is 0 Å².